The van der Waals surface area contributed by atoms with Crippen LogP contribution in [0.15, 0.2) is 34.7 Å². The average molecular weight is 272 g/mol. The van der Waals surface area contributed by atoms with Gasteiger partial charge >= 0.3 is 0 Å². The van der Waals surface area contributed by atoms with Gasteiger partial charge in [-0.2, -0.15) is 0 Å². The molecule has 0 bridgehead atoms. The Hall–Kier alpha value is -1.81. The summed E-state index contributed by atoms with van der Waals surface area (Å²) in [4.78, 5) is 14.4. The Labute approximate surface area is 118 Å². The summed E-state index contributed by atoms with van der Waals surface area (Å²) in [5.41, 5.74) is 6.71. The van der Waals surface area contributed by atoms with Crippen molar-refractivity contribution in [1.29, 1.82) is 0 Å². The van der Waals surface area contributed by atoms with Crippen molar-refractivity contribution in [3.63, 3.8) is 0 Å². The number of benzene rings is 1. The summed E-state index contributed by atoms with van der Waals surface area (Å²) in [6, 6.07) is 10.0. The SMILES string of the molecule is CC(C(=O)N1CCC(N)CC1)c1cc2ccccc2o1. The van der Waals surface area contributed by atoms with E-state index in [9.17, 15) is 4.79 Å². The number of rotatable bonds is 2. The molecule has 0 radical (unpaired) electrons. The van der Waals surface area contributed by atoms with Gasteiger partial charge in [0.25, 0.3) is 0 Å². The van der Waals surface area contributed by atoms with Crippen molar-refractivity contribution in [1.82, 2.24) is 4.90 Å². The van der Waals surface area contributed by atoms with Crippen LogP contribution in [0, 0.1) is 0 Å². The van der Waals surface area contributed by atoms with Crippen molar-refractivity contribution in [2.75, 3.05) is 13.1 Å². The molecule has 20 heavy (non-hydrogen) atoms. The molecule has 1 saturated heterocycles. The highest BCUT2D eigenvalue weighted by Crippen LogP contribution is 2.27. The molecule has 0 spiro atoms. The molecule has 1 aromatic heterocycles. The number of hydrogen-bond donors (Lipinski definition) is 1. The first kappa shape index (κ1) is 13.2. The number of nitrogens with two attached hydrogens (primary N) is 1. The number of fused-ring (bicyclic) bond motifs is 1. The average Bonchev–Trinajstić information content (AvgIpc) is 2.90. The van der Waals surface area contributed by atoms with Crippen LogP contribution < -0.4 is 5.73 Å². The summed E-state index contributed by atoms with van der Waals surface area (Å²) >= 11 is 0. The molecular weight excluding hydrogens is 252 g/mol. The van der Waals surface area contributed by atoms with Gasteiger partial charge in [-0.05, 0) is 31.9 Å². The van der Waals surface area contributed by atoms with Crippen LogP contribution in [0.25, 0.3) is 11.0 Å². The van der Waals surface area contributed by atoms with Gasteiger partial charge in [0.15, 0.2) is 0 Å². The molecular formula is C16H20N2O2. The van der Waals surface area contributed by atoms with Gasteiger partial charge in [0, 0.05) is 24.5 Å². The fourth-order valence-corrected chi connectivity index (χ4v) is 2.73. The molecule has 1 aliphatic rings. The van der Waals surface area contributed by atoms with Gasteiger partial charge in [0.2, 0.25) is 5.91 Å². The topological polar surface area (TPSA) is 59.5 Å². The number of amides is 1. The predicted molar refractivity (Wildman–Crippen MR) is 78.4 cm³/mol. The Bertz CT molecular complexity index is 579. The lowest BCUT2D eigenvalue weighted by atomic mass is 10.0. The normalized spacial score (nSPS) is 18.4. The third kappa shape index (κ3) is 2.43. The van der Waals surface area contributed by atoms with Crippen LogP contribution in [0.5, 0.6) is 0 Å². The van der Waals surface area contributed by atoms with Crippen LogP contribution in [-0.2, 0) is 4.79 Å². The zero-order chi connectivity index (χ0) is 14.1. The first-order chi connectivity index (χ1) is 9.65. The molecule has 0 saturated carbocycles. The van der Waals surface area contributed by atoms with Gasteiger partial charge in [0.1, 0.15) is 11.3 Å². The molecule has 0 aliphatic carbocycles. The van der Waals surface area contributed by atoms with E-state index in [-0.39, 0.29) is 17.9 Å². The molecule has 1 atom stereocenters. The van der Waals surface area contributed by atoms with Crippen molar-refractivity contribution >= 4 is 16.9 Å². The summed E-state index contributed by atoms with van der Waals surface area (Å²) in [5.74, 6) is 0.638. The van der Waals surface area contributed by atoms with Gasteiger partial charge in [-0.25, -0.2) is 0 Å². The van der Waals surface area contributed by atoms with Crippen LogP contribution in [0.2, 0.25) is 0 Å². The predicted octanol–water partition coefficient (Wildman–Crippen LogP) is 2.49. The maximum absolute atomic E-state index is 12.5. The Morgan fingerprint density at radius 1 is 1.35 bits per heavy atom. The minimum absolute atomic E-state index is 0.135. The van der Waals surface area contributed by atoms with Gasteiger partial charge in [0.05, 0.1) is 5.92 Å². The van der Waals surface area contributed by atoms with E-state index >= 15 is 0 Å². The lowest BCUT2D eigenvalue weighted by Crippen LogP contribution is -2.44. The largest absolute Gasteiger partial charge is 0.460 e. The molecule has 2 N–H and O–H groups in total. The van der Waals surface area contributed by atoms with Crippen LogP contribution in [0.1, 0.15) is 31.4 Å². The Morgan fingerprint density at radius 3 is 2.75 bits per heavy atom. The number of hydrogen-bond acceptors (Lipinski definition) is 3. The lowest BCUT2D eigenvalue weighted by Gasteiger charge is -2.31. The Morgan fingerprint density at radius 2 is 2.05 bits per heavy atom. The van der Waals surface area contributed by atoms with Crippen molar-refractivity contribution in [3.8, 4) is 0 Å². The van der Waals surface area contributed by atoms with E-state index in [4.69, 9.17) is 10.2 Å². The maximum atomic E-state index is 12.5. The summed E-state index contributed by atoms with van der Waals surface area (Å²) in [6.07, 6.45) is 1.77. The van der Waals surface area contributed by atoms with Crippen molar-refractivity contribution in [2.45, 2.75) is 31.7 Å². The summed E-state index contributed by atoms with van der Waals surface area (Å²) in [6.45, 7) is 3.42. The Balaban J connectivity index is 1.77. The highest BCUT2D eigenvalue weighted by atomic mass is 16.3. The molecule has 1 aliphatic heterocycles. The molecule has 1 unspecified atom stereocenters. The fourth-order valence-electron chi connectivity index (χ4n) is 2.73. The maximum Gasteiger partial charge on any atom is 0.233 e. The van der Waals surface area contributed by atoms with Crippen LogP contribution in [0.4, 0.5) is 0 Å². The first-order valence-corrected chi connectivity index (χ1v) is 7.18. The zero-order valence-corrected chi connectivity index (χ0v) is 11.7. The van der Waals surface area contributed by atoms with Crippen LogP contribution in [-0.4, -0.2) is 29.9 Å². The molecule has 1 aromatic carbocycles. The molecule has 1 amide bonds. The van der Waals surface area contributed by atoms with Gasteiger partial charge < -0.3 is 15.1 Å². The number of furan rings is 1. The van der Waals surface area contributed by atoms with Gasteiger partial charge in [-0.15, -0.1) is 0 Å². The summed E-state index contributed by atoms with van der Waals surface area (Å²) in [7, 11) is 0. The molecule has 3 rings (SSSR count). The number of nitrogens with zero attached hydrogens (tertiary/aromatic N) is 1. The second-order valence-electron chi connectivity index (χ2n) is 5.57. The zero-order valence-electron chi connectivity index (χ0n) is 11.7. The molecule has 1 fully saturated rings. The van der Waals surface area contributed by atoms with E-state index < -0.39 is 0 Å². The molecule has 106 valence electrons. The highest BCUT2D eigenvalue weighted by Gasteiger charge is 2.27. The molecule has 2 aromatic rings. The molecule has 4 nitrogen and oxygen atoms in total. The third-order valence-corrected chi connectivity index (χ3v) is 4.09. The summed E-state index contributed by atoms with van der Waals surface area (Å²) < 4.78 is 5.79. The van der Waals surface area contributed by atoms with Crippen LogP contribution >= 0.6 is 0 Å². The second-order valence-corrected chi connectivity index (χ2v) is 5.57. The van der Waals surface area contributed by atoms with E-state index in [0.717, 1.165) is 42.7 Å². The van der Waals surface area contributed by atoms with E-state index in [1.165, 1.54) is 0 Å². The second kappa shape index (κ2) is 5.29. The van der Waals surface area contributed by atoms with Gasteiger partial charge in [-0.3, -0.25) is 4.79 Å². The number of carbonyl (C=O) groups is 1. The van der Waals surface area contributed by atoms with Crippen molar-refractivity contribution in [3.05, 3.63) is 36.1 Å². The van der Waals surface area contributed by atoms with E-state index in [1.54, 1.807) is 0 Å². The number of likely N-dealkylation sites (tertiary alicyclic amines) is 1. The number of piperidine rings is 1. The summed E-state index contributed by atoms with van der Waals surface area (Å²) in [5, 5.41) is 1.04. The van der Waals surface area contributed by atoms with E-state index in [0.29, 0.717) is 0 Å². The van der Waals surface area contributed by atoms with E-state index in [2.05, 4.69) is 0 Å². The number of carbonyl (C=O) groups excluding carboxylic acids is 1. The van der Waals surface area contributed by atoms with Gasteiger partial charge in [-0.1, -0.05) is 18.2 Å². The minimum Gasteiger partial charge on any atom is -0.460 e. The van der Waals surface area contributed by atoms with Crippen molar-refractivity contribution in [2.24, 2.45) is 5.73 Å². The minimum atomic E-state index is -0.239. The number of para-hydroxylation sites is 1. The smallest absolute Gasteiger partial charge is 0.233 e. The Kier molecular flexibility index (Phi) is 3.49. The van der Waals surface area contributed by atoms with Crippen LogP contribution in [0.3, 0.4) is 0 Å². The van der Waals surface area contributed by atoms with E-state index in [1.807, 2.05) is 42.2 Å². The molecule has 4 heteroatoms. The lowest BCUT2D eigenvalue weighted by molar-refractivity contribution is -0.133. The van der Waals surface area contributed by atoms with Crippen molar-refractivity contribution < 1.29 is 9.21 Å². The first-order valence-electron chi connectivity index (χ1n) is 7.18. The molecule has 2 heterocycles. The quantitative estimate of drug-likeness (QED) is 0.913. The third-order valence-electron chi connectivity index (χ3n) is 4.09. The monoisotopic (exact) mass is 272 g/mol. The fraction of sp³-hybridized carbons (Fsp3) is 0.438. The highest BCUT2D eigenvalue weighted by molar-refractivity contribution is 5.85. The standard InChI is InChI=1S/C16H20N2O2/c1-11(16(19)18-8-6-13(17)7-9-18)15-10-12-4-2-3-5-14(12)20-15/h2-5,10-11,13H,6-9,17H2,1H3.